The molecule has 5 nitrogen and oxygen atoms in total. The van der Waals surface area contributed by atoms with Crippen molar-refractivity contribution in [2.75, 3.05) is 32.7 Å². The fraction of sp³-hybridized carbons (Fsp3) is 0.571. The van der Waals surface area contributed by atoms with Gasteiger partial charge in [0.2, 0.25) is 5.91 Å². The lowest BCUT2D eigenvalue weighted by molar-refractivity contribution is -0.134. The second kappa shape index (κ2) is 7.24. The standard InChI is InChI=1S/C14H19N3O2S.ClH/c18-13(11-3-1-5-15-11)16-6-8-17(9-7-16)14(19)12-4-2-10-20-12;/h2,4,10-11,15H,1,3,5-9H2;1H. The molecule has 2 aliphatic heterocycles. The number of nitrogens with zero attached hydrogens (tertiary/aromatic N) is 2. The Hall–Kier alpha value is -1.11. The van der Waals surface area contributed by atoms with Crippen molar-refractivity contribution in [2.24, 2.45) is 0 Å². The van der Waals surface area contributed by atoms with Crippen molar-refractivity contribution in [2.45, 2.75) is 18.9 Å². The fourth-order valence-electron chi connectivity index (χ4n) is 2.80. The Bertz CT molecular complexity index is 480. The quantitative estimate of drug-likeness (QED) is 0.887. The summed E-state index contributed by atoms with van der Waals surface area (Å²) < 4.78 is 0. The molecule has 0 aromatic carbocycles. The van der Waals surface area contributed by atoms with Crippen LogP contribution in [-0.4, -0.2) is 60.4 Å². The Morgan fingerprint density at radius 3 is 2.48 bits per heavy atom. The first-order valence-corrected chi connectivity index (χ1v) is 7.98. The van der Waals surface area contributed by atoms with Crippen LogP contribution in [0.4, 0.5) is 0 Å². The second-order valence-electron chi connectivity index (χ2n) is 5.24. The summed E-state index contributed by atoms with van der Waals surface area (Å²) in [5.41, 5.74) is 0. The summed E-state index contributed by atoms with van der Waals surface area (Å²) in [7, 11) is 0. The van der Waals surface area contributed by atoms with Gasteiger partial charge in [-0.3, -0.25) is 9.59 Å². The van der Waals surface area contributed by atoms with E-state index in [0.717, 1.165) is 24.3 Å². The van der Waals surface area contributed by atoms with Crippen LogP contribution in [0.3, 0.4) is 0 Å². The number of carbonyl (C=O) groups excluding carboxylic acids is 2. The Kier molecular flexibility index (Phi) is 5.61. The first-order valence-electron chi connectivity index (χ1n) is 7.10. The molecule has 0 spiro atoms. The maximum absolute atomic E-state index is 12.3. The average Bonchev–Trinajstić information content (AvgIpc) is 3.18. The zero-order valence-electron chi connectivity index (χ0n) is 11.8. The van der Waals surface area contributed by atoms with Crippen LogP contribution >= 0.6 is 23.7 Å². The van der Waals surface area contributed by atoms with Crippen molar-refractivity contribution in [3.63, 3.8) is 0 Å². The number of piperazine rings is 1. The van der Waals surface area contributed by atoms with Crippen LogP contribution in [0.2, 0.25) is 0 Å². The highest BCUT2D eigenvalue weighted by atomic mass is 35.5. The number of thiophene rings is 1. The molecule has 1 N–H and O–H groups in total. The third kappa shape index (κ3) is 3.56. The Balaban J connectivity index is 0.00000161. The van der Waals surface area contributed by atoms with E-state index < -0.39 is 0 Å². The summed E-state index contributed by atoms with van der Waals surface area (Å²) in [6.07, 6.45) is 2.01. The highest BCUT2D eigenvalue weighted by Crippen LogP contribution is 2.15. The van der Waals surface area contributed by atoms with Crippen molar-refractivity contribution in [1.82, 2.24) is 15.1 Å². The first-order chi connectivity index (χ1) is 9.75. The summed E-state index contributed by atoms with van der Waals surface area (Å²) in [6, 6.07) is 3.74. The molecule has 3 rings (SSSR count). The largest absolute Gasteiger partial charge is 0.338 e. The molecule has 3 heterocycles. The Morgan fingerprint density at radius 2 is 1.90 bits per heavy atom. The number of halogens is 1. The molecule has 2 fully saturated rings. The number of nitrogens with one attached hydrogen (secondary N) is 1. The molecule has 0 saturated carbocycles. The van der Waals surface area contributed by atoms with Crippen molar-refractivity contribution in [1.29, 1.82) is 0 Å². The van der Waals surface area contributed by atoms with Gasteiger partial charge in [0.25, 0.3) is 5.91 Å². The lowest BCUT2D eigenvalue weighted by Gasteiger charge is -2.35. The van der Waals surface area contributed by atoms with Gasteiger partial charge in [0.1, 0.15) is 0 Å². The topological polar surface area (TPSA) is 52.7 Å². The first kappa shape index (κ1) is 16.3. The van der Waals surface area contributed by atoms with E-state index in [0.29, 0.717) is 26.2 Å². The third-order valence-electron chi connectivity index (χ3n) is 3.97. The molecule has 0 radical (unpaired) electrons. The predicted molar refractivity (Wildman–Crippen MR) is 85.1 cm³/mol. The fourth-order valence-corrected chi connectivity index (χ4v) is 3.49. The lowest BCUT2D eigenvalue weighted by Crippen LogP contribution is -2.54. The highest BCUT2D eigenvalue weighted by molar-refractivity contribution is 7.12. The maximum Gasteiger partial charge on any atom is 0.264 e. The number of amides is 2. The van der Waals surface area contributed by atoms with Gasteiger partial charge in [-0.25, -0.2) is 0 Å². The van der Waals surface area contributed by atoms with Crippen LogP contribution in [0.1, 0.15) is 22.5 Å². The normalized spacial score (nSPS) is 22.0. The van der Waals surface area contributed by atoms with Gasteiger partial charge in [-0.1, -0.05) is 6.07 Å². The third-order valence-corrected chi connectivity index (χ3v) is 4.83. The molecule has 116 valence electrons. The van der Waals surface area contributed by atoms with E-state index in [4.69, 9.17) is 0 Å². The zero-order valence-corrected chi connectivity index (χ0v) is 13.4. The molecule has 1 atom stereocenters. The van der Waals surface area contributed by atoms with Crippen LogP contribution < -0.4 is 5.32 Å². The van der Waals surface area contributed by atoms with Gasteiger partial charge in [0, 0.05) is 26.2 Å². The minimum absolute atomic E-state index is 0. The predicted octanol–water partition coefficient (Wildman–Crippen LogP) is 1.21. The molecule has 2 saturated heterocycles. The van der Waals surface area contributed by atoms with E-state index in [9.17, 15) is 9.59 Å². The molecule has 7 heteroatoms. The molecule has 2 aliphatic rings. The number of hydrogen-bond acceptors (Lipinski definition) is 4. The monoisotopic (exact) mass is 329 g/mol. The molecule has 1 aromatic rings. The number of hydrogen-bond donors (Lipinski definition) is 1. The van der Waals surface area contributed by atoms with Crippen molar-refractivity contribution < 1.29 is 9.59 Å². The van der Waals surface area contributed by atoms with Gasteiger partial charge < -0.3 is 15.1 Å². The second-order valence-corrected chi connectivity index (χ2v) is 6.19. The summed E-state index contributed by atoms with van der Waals surface area (Å²) in [5.74, 6) is 0.289. The van der Waals surface area contributed by atoms with E-state index in [2.05, 4.69) is 5.32 Å². The Morgan fingerprint density at radius 1 is 1.19 bits per heavy atom. The molecular formula is C14H20ClN3O2S. The summed E-state index contributed by atoms with van der Waals surface area (Å²) in [4.78, 5) is 29.0. The smallest absolute Gasteiger partial charge is 0.264 e. The van der Waals surface area contributed by atoms with Crippen LogP contribution in [0.15, 0.2) is 17.5 Å². The van der Waals surface area contributed by atoms with E-state index >= 15 is 0 Å². The minimum Gasteiger partial charge on any atom is -0.338 e. The zero-order chi connectivity index (χ0) is 13.9. The summed E-state index contributed by atoms with van der Waals surface area (Å²) in [5, 5.41) is 5.16. The van der Waals surface area contributed by atoms with Crippen LogP contribution in [0.5, 0.6) is 0 Å². The number of carbonyl (C=O) groups is 2. The SMILES string of the molecule is Cl.O=C(c1cccs1)N1CCN(C(=O)C2CCCN2)CC1. The Labute approximate surface area is 134 Å². The highest BCUT2D eigenvalue weighted by Gasteiger charge is 2.30. The molecule has 0 aliphatic carbocycles. The van der Waals surface area contributed by atoms with Gasteiger partial charge in [0.05, 0.1) is 10.9 Å². The van der Waals surface area contributed by atoms with Gasteiger partial charge >= 0.3 is 0 Å². The van der Waals surface area contributed by atoms with E-state index in [1.165, 1.54) is 11.3 Å². The summed E-state index contributed by atoms with van der Waals surface area (Å²) >= 11 is 1.47. The molecule has 2 amide bonds. The van der Waals surface area contributed by atoms with Crippen molar-refractivity contribution in [3.8, 4) is 0 Å². The summed E-state index contributed by atoms with van der Waals surface area (Å²) in [6.45, 7) is 3.50. The number of rotatable bonds is 2. The van der Waals surface area contributed by atoms with Gasteiger partial charge in [0.15, 0.2) is 0 Å². The van der Waals surface area contributed by atoms with E-state index in [1.54, 1.807) is 0 Å². The molecule has 21 heavy (non-hydrogen) atoms. The molecular weight excluding hydrogens is 310 g/mol. The van der Waals surface area contributed by atoms with Gasteiger partial charge in [-0.15, -0.1) is 23.7 Å². The van der Waals surface area contributed by atoms with Gasteiger partial charge in [-0.2, -0.15) is 0 Å². The maximum atomic E-state index is 12.3. The molecule has 1 unspecified atom stereocenters. The van der Waals surface area contributed by atoms with E-state index in [1.807, 2.05) is 27.3 Å². The lowest BCUT2D eigenvalue weighted by atomic mass is 10.2. The average molecular weight is 330 g/mol. The van der Waals surface area contributed by atoms with Crippen LogP contribution in [0.25, 0.3) is 0 Å². The minimum atomic E-state index is -0.00505. The van der Waals surface area contributed by atoms with Crippen molar-refractivity contribution >= 4 is 35.6 Å². The molecule has 1 aromatic heterocycles. The molecule has 0 bridgehead atoms. The van der Waals surface area contributed by atoms with Crippen molar-refractivity contribution in [3.05, 3.63) is 22.4 Å². The van der Waals surface area contributed by atoms with Gasteiger partial charge in [-0.05, 0) is 30.8 Å². The van der Waals surface area contributed by atoms with Crippen LogP contribution in [0, 0.1) is 0 Å². The van der Waals surface area contributed by atoms with E-state index in [-0.39, 0.29) is 30.3 Å². The van der Waals surface area contributed by atoms with Crippen LogP contribution in [-0.2, 0) is 4.79 Å².